The molecular weight excluding hydrogens is 522 g/mol. The van der Waals surface area contributed by atoms with E-state index in [0.29, 0.717) is 5.92 Å². The summed E-state index contributed by atoms with van der Waals surface area (Å²) in [5.74, 6) is 0.393. The largest absolute Gasteiger partial charge is 0.313 e. The van der Waals surface area contributed by atoms with Gasteiger partial charge in [-0.25, -0.2) is 0 Å². The van der Waals surface area contributed by atoms with E-state index in [-0.39, 0.29) is 6.17 Å². The highest BCUT2D eigenvalue weighted by molar-refractivity contribution is 6.00. The zero-order chi connectivity index (χ0) is 29.1. The second-order valence-corrected chi connectivity index (χ2v) is 12.0. The molecule has 0 radical (unpaired) electrons. The van der Waals surface area contributed by atoms with Gasteiger partial charge in [-0.3, -0.25) is 0 Å². The molecule has 8 rings (SSSR count). The van der Waals surface area contributed by atoms with Crippen molar-refractivity contribution in [2.45, 2.75) is 30.8 Å². The third-order valence-corrected chi connectivity index (χ3v) is 9.66. The predicted molar refractivity (Wildman–Crippen MR) is 179 cm³/mol. The average molecular weight is 558 g/mol. The monoisotopic (exact) mass is 557 g/mol. The van der Waals surface area contributed by atoms with E-state index in [4.69, 9.17) is 5.73 Å². The molecule has 210 valence electrons. The summed E-state index contributed by atoms with van der Waals surface area (Å²) in [7, 11) is 1.91. The van der Waals surface area contributed by atoms with Crippen LogP contribution >= 0.6 is 0 Å². The summed E-state index contributed by atoms with van der Waals surface area (Å²) >= 11 is 0. The topological polar surface area (TPSA) is 43.0 Å². The maximum Gasteiger partial charge on any atom is 0.0808 e. The molecule has 0 amide bonds. The molecule has 0 saturated carbocycles. The molecule has 0 fully saturated rings. The summed E-state index contributed by atoms with van der Waals surface area (Å²) in [4.78, 5) is 0. The van der Waals surface area contributed by atoms with Crippen LogP contribution in [-0.2, 0) is 5.41 Å². The zero-order valence-corrected chi connectivity index (χ0v) is 24.6. The van der Waals surface area contributed by atoms with E-state index >= 15 is 0 Å². The van der Waals surface area contributed by atoms with E-state index in [9.17, 15) is 0 Å². The van der Waals surface area contributed by atoms with Crippen molar-refractivity contribution in [1.29, 1.82) is 0 Å². The second kappa shape index (κ2) is 9.95. The number of hydrogen-bond acceptors (Lipinski definition) is 2. The summed E-state index contributed by atoms with van der Waals surface area (Å²) in [6.07, 6.45) is 5.50. The average Bonchev–Trinajstić information content (AvgIpc) is 3.55. The SMILES string of the molecule is CNC(N)c1cccc(-n2c3c(c4cc5c(cc42)-c2ccccc2C5(c2ccccc2)c2ccccc2)C=CCC3C)c1. The van der Waals surface area contributed by atoms with Crippen LogP contribution in [0.4, 0.5) is 0 Å². The Morgan fingerprint density at radius 1 is 0.767 bits per heavy atom. The number of nitrogens with two attached hydrogens (primary N) is 1. The molecule has 3 heteroatoms. The Morgan fingerprint density at radius 2 is 1.47 bits per heavy atom. The minimum Gasteiger partial charge on any atom is -0.313 e. The molecule has 0 spiro atoms. The van der Waals surface area contributed by atoms with Gasteiger partial charge in [0.15, 0.2) is 0 Å². The molecule has 2 aliphatic carbocycles. The summed E-state index contributed by atoms with van der Waals surface area (Å²) in [6.45, 7) is 2.35. The molecule has 6 aromatic rings. The first kappa shape index (κ1) is 26.0. The summed E-state index contributed by atoms with van der Waals surface area (Å²) in [5, 5.41) is 4.50. The van der Waals surface area contributed by atoms with E-state index in [2.05, 4.69) is 150 Å². The second-order valence-electron chi connectivity index (χ2n) is 12.0. The van der Waals surface area contributed by atoms with Crippen molar-refractivity contribution in [1.82, 2.24) is 9.88 Å². The minimum absolute atomic E-state index is 0.219. The minimum atomic E-state index is -0.416. The van der Waals surface area contributed by atoms with Crippen LogP contribution in [0.25, 0.3) is 33.8 Å². The Labute approximate surface area is 253 Å². The molecule has 2 atom stereocenters. The normalized spacial score (nSPS) is 17.0. The van der Waals surface area contributed by atoms with Crippen molar-refractivity contribution in [3.8, 4) is 16.8 Å². The third-order valence-electron chi connectivity index (χ3n) is 9.66. The van der Waals surface area contributed by atoms with E-state index in [1.807, 2.05) is 7.05 Å². The molecule has 1 aromatic heterocycles. The molecule has 0 bridgehead atoms. The Hall–Kier alpha value is -4.70. The lowest BCUT2D eigenvalue weighted by molar-refractivity contribution is 0.621. The molecule has 2 unspecified atom stereocenters. The Balaban J connectivity index is 1.51. The number of nitrogens with one attached hydrogen (secondary N) is 1. The maximum atomic E-state index is 6.43. The van der Waals surface area contributed by atoms with Crippen LogP contribution in [0.5, 0.6) is 0 Å². The van der Waals surface area contributed by atoms with Crippen molar-refractivity contribution < 1.29 is 0 Å². The molecule has 0 aliphatic heterocycles. The van der Waals surface area contributed by atoms with Crippen molar-refractivity contribution in [2.24, 2.45) is 5.73 Å². The molecular formula is C40H35N3. The van der Waals surface area contributed by atoms with Crippen molar-refractivity contribution in [3.05, 3.63) is 166 Å². The van der Waals surface area contributed by atoms with Gasteiger partial charge in [-0.05, 0) is 76.7 Å². The number of benzene rings is 5. The van der Waals surface area contributed by atoms with Crippen molar-refractivity contribution in [2.75, 3.05) is 7.05 Å². The fraction of sp³-hybridized carbons (Fsp3) is 0.150. The number of fused-ring (bicyclic) bond motifs is 6. The zero-order valence-electron chi connectivity index (χ0n) is 24.6. The van der Waals surface area contributed by atoms with E-state index in [1.165, 1.54) is 55.5 Å². The highest BCUT2D eigenvalue weighted by Crippen LogP contribution is 2.57. The van der Waals surface area contributed by atoms with Crippen LogP contribution in [-0.4, -0.2) is 11.6 Å². The van der Waals surface area contributed by atoms with Gasteiger partial charge >= 0.3 is 0 Å². The summed E-state index contributed by atoms with van der Waals surface area (Å²) in [6, 6.07) is 44.7. The van der Waals surface area contributed by atoms with E-state index in [0.717, 1.165) is 17.7 Å². The number of nitrogens with zero attached hydrogens (tertiary/aromatic N) is 1. The first-order valence-corrected chi connectivity index (χ1v) is 15.3. The van der Waals surface area contributed by atoms with Gasteiger partial charge in [-0.1, -0.05) is 116 Å². The lowest BCUT2D eigenvalue weighted by atomic mass is 9.67. The predicted octanol–water partition coefficient (Wildman–Crippen LogP) is 8.69. The first-order valence-electron chi connectivity index (χ1n) is 15.3. The standard InChI is InChI=1S/C40H35N3/c1-26-13-11-21-32-34-24-36-33(25-37(34)43(38(26)32)30-19-12-14-27(23-30)39(41)42-2)31-20-9-10-22-35(31)40(36,28-15-5-3-6-16-28)29-17-7-4-8-18-29/h3-12,14-26,39,42H,13,41H2,1-2H3. The van der Waals surface area contributed by atoms with E-state index in [1.54, 1.807) is 0 Å². The van der Waals surface area contributed by atoms with Crippen molar-refractivity contribution >= 4 is 17.0 Å². The smallest absolute Gasteiger partial charge is 0.0808 e. The number of hydrogen-bond donors (Lipinski definition) is 2. The van der Waals surface area contributed by atoms with Gasteiger partial charge in [0.1, 0.15) is 0 Å². The van der Waals surface area contributed by atoms with Crippen LogP contribution < -0.4 is 11.1 Å². The molecule has 0 saturated heterocycles. The lowest BCUT2D eigenvalue weighted by Crippen LogP contribution is -2.28. The molecule has 1 heterocycles. The van der Waals surface area contributed by atoms with Gasteiger partial charge in [-0.2, -0.15) is 0 Å². The Bertz CT molecular complexity index is 1980. The summed E-state index contributed by atoms with van der Waals surface area (Å²) < 4.78 is 2.50. The van der Waals surface area contributed by atoms with Gasteiger partial charge in [0, 0.05) is 28.2 Å². The Kier molecular flexibility index (Phi) is 6.01. The van der Waals surface area contributed by atoms with Crippen LogP contribution in [0.3, 0.4) is 0 Å². The van der Waals surface area contributed by atoms with Crippen LogP contribution in [0, 0.1) is 0 Å². The van der Waals surface area contributed by atoms with E-state index < -0.39 is 5.41 Å². The van der Waals surface area contributed by atoms with Gasteiger partial charge in [0.2, 0.25) is 0 Å². The third kappa shape index (κ3) is 3.69. The van der Waals surface area contributed by atoms with Gasteiger partial charge < -0.3 is 15.6 Å². The number of rotatable bonds is 5. The van der Waals surface area contributed by atoms with Gasteiger partial charge in [-0.15, -0.1) is 0 Å². The molecule has 3 N–H and O–H groups in total. The van der Waals surface area contributed by atoms with Crippen LogP contribution in [0.1, 0.15) is 64.5 Å². The van der Waals surface area contributed by atoms with Crippen molar-refractivity contribution in [3.63, 3.8) is 0 Å². The highest BCUT2D eigenvalue weighted by atomic mass is 15.0. The van der Waals surface area contributed by atoms with Gasteiger partial charge in [0.05, 0.1) is 17.1 Å². The fourth-order valence-corrected chi connectivity index (χ4v) is 7.73. The molecule has 3 nitrogen and oxygen atoms in total. The molecule has 2 aliphatic rings. The number of allylic oxidation sites excluding steroid dienone is 1. The lowest BCUT2D eigenvalue weighted by Gasteiger charge is -2.34. The maximum absolute atomic E-state index is 6.43. The van der Waals surface area contributed by atoms with Crippen LogP contribution in [0.15, 0.2) is 127 Å². The quantitative estimate of drug-likeness (QED) is 0.208. The number of aromatic nitrogens is 1. The molecule has 43 heavy (non-hydrogen) atoms. The van der Waals surface area contributed by atoms with Gasteiger partial charge in [0.25, 0.3) is 0 Å². The first-order chi connectivity index (χ1) is 21.1. The fourth-order valence-electron chi connectivity index (χ4n) is 7.73. The summed E-state index contributed by atoms with van der Waals surface area (Å²) in [5.41, 5.74) is 20.0. The molecule has 5 aromatic carbocycles. The highest BCUT2D eigenvalue weighted by Gasteiger charge is 2.46. The van der Waals surface area contributed by atoms with Crippen LogP contribution in [0.2, 0.25) is 0 Å². The Morgan fingerprint density at radius 3 is 2.19 bits per heavy atom.